The standard InChI is InChI=1S/C18H31N3O2.ClH/c1-14(16-12-19-13-16)18(23)21-9-7-20(8-10-21)17(22)11-15-5-3-2-4-6-15;/h14-16,19H,2-13H2,1H3;1H. The third kappa shape index (κ3) is 4.63. The second kappa shape index (κ2) is 9.04. The summed E-state index contributed by atoms with van der Waals surface area (Å²) in [7, 11) is 0. The number of carbonyl (C=O) groups excluding carboxylic acids is 2. The summed E-state index contributed by atoms with van der Waals surface area (Å²) in [5.41, 5.74) is 0. The fraction of sp³-hybridized carbons (Fsp3) is 0.889. The number of amides is 2. The van der Waals surface area contributed by atoms with Crippen LogP contribution in [-0.2, 0) is 9.59 Å². The van der Waals surface area contributed by atoms with Gasteiger partial charge in [0.15, 0.2) is 0 Å². The van der Waals surface area contributed by atoms with E-state index >= 15 is 0 Å². The summed E-state index contributed by atoms with van der Waals surface area (Å²) >= 11 is 0. The fourth-order valence-electron chi connectivity index (χ4n) is 4.10. The zero-order valence-corrected chi connectivity index (χ0v) is 15.7. The molecule has 3 aliphatic rings. The first-order chi connectivity index (χ1) is 11.1. The number of rotatable bonds is 4. The molecule has 2 heterocycles. The smallest absolute Gasteiger partial charge is 0.225 e. The highest BCUT2D eigenvalue weighted by Crippen LogP contribution is 2.27. The predicted octanol–water partition coefficient (Wildman–Crippen LogP) is 1.90. The Morgan fingerprint density at radius 2 is 1.58 bits per heavy atom. The van der Waals surface area contributed by atoms with E-state index in [1.807, 2.05) is 9.80 Å². The molecule has 1 atom stereocenters. The molecule has 1 unspecified atom stereocenters. The lowest BCUT2D eigenvalue weighted by Gasteiger charge is -2.39. The van der Waals surface area contributed by atoms with Crippen LogP contribution in [0.25, 0.3) is 0 Å². The normalized spacial score (nSPS) is 24.0. The number of hydrogen-bond donors (Lipinski definition) is 1. The molecule has 24 heavy (non-hydrogen) atoms. The van der Waals surface area contributed by atoms with Gasteiger partial charge >= 0.3 is 0 Å². The van der Waals surface area contributed by atoms with Crippen LogP contribution in [0.5, 0.6) is 0 Å². The first kappa shape index (κ1) is 19.5. The van der Waals surface area contributed by atoms with Gasteiger partial charge in [0.2, 0.25) is 11.8 Å². The number of hydrogen-bond acceptors (Lipinski definition) is 3. The van der Waals surface area contributed by atoms with E-state index in [1.54, 1.807) is 0 Å². The lowest BCUT2D eigenvalue weighted by Crippen LogP contribution is -2.55. The third-order valence-corrected chi connectivity index (χ3v) is 6.04. The van der Waals surface area contributed by atoms with Crippen molar-refractivity contribution in [2.75, 3.05) is 39.3 Å². The minimum atomic E-state index is 0. The predicted molar refractivity (Wildman–Crippen MR) is 97.1 cm³/mol. The molecule has 5 nitrogen and oxygen atoms in total. The molecule has 0 aromatic rings. The monoisotopic (exact) mass is 357 g/mol. The SMILES string of the molecule is CC(C(=O)N1CCN(C(=O)CC2CCCCC2)CC1)C1CNC1.Cl. The van der Waals surface area contributed by atoms with E-state index in [-0.39, 0.29) is 24.2 Å². The summed E-state index contributed by atoms with van der Waals surface area (Å²) in [6.07, 6.45) is 7.06. The topological polar surface area (TPSA) is 52.7 Å². The molecule has 3 rings (SSSR count). The molecule has 138 valence electrons. The molecule has 1 aliphatic carbocycles. The maximum Gasteiger partial charge on any atom is 0.225 e. The van der Waals surface area contributed by atoms with Crippen molar-refractivity contribution in [1.82, 2.24) is 15.1 Å². The zero-order valence-electron chi connectivity index (χ0n) is 14.8. The molecular formula is C18H32ClN3O2. The van der Waals surface area contributed by atoms with Crippen LogP contribution in [0.1, 0.15) is 45.4 Å². The molecule has 1 saturated carbocycles. The van der Waals surface area contributed by atoms with Gasteiger partial charge in [0.1, 0.15) is 0 Å². The van der Waals surface area contributed by atoms with Gasteiger partial charge in [0.05, 0.1) is 0 Å². The van der Waals surface area contributed by atoms with Crippen molar-refractivity contribution in [3.05, 3.63) is 0 Å². The number of carbonyl (C=O) groups is 2. The quantitative estimate of drug-likeness (QED) is 0.836. The van der Waals surface area contributed by atoms with Crippen molar-refractivity contribution >= 4 is 24.2 Å². The number of nitrogens with one attached hydrogen (secondary N) is 1. The Hall–Kier alpha value is -0.810. The Morgan fingerprint density at radius 1 is 1.00 bits per heavy atom. The van der Waals surface area contributed by atoms with Crippen LogP contribution in [0, 0.1) is 17.8 Å². The molecule has 2 amide bonds. The number of piperazine rings is 1. The summed E-state index contributed by atoms with van der Waals surface area (Å²) in [6, 6.07) is 0. The fourth-order valence-corrected chi connectivity index (χ4v) is 4.10. The van der Waals surface area contributed by atoms with Gasteiger partial charge in [-0.15, -0.1) is 12.4 Å². The van der Waals surface area contributed by atoms with E-state index in [1.165, 1.54) is 32.1 Å². The van der Waals surface area contributed by atoms with Gasteiger partial charge in [0, 0.05) is 38.5 Å². The van der Waals surface area contributed by atoms with E-state index < -0.39 is 0 Å². The molecule has 2 saturated heterocycles. The van der Waals surface area contributed by atoms with Gasteiger partial charge in [-0.1, -0.05) is 26.2 Å². The van der Waals surface area contributed by atoms with E-state index in [0.717, 1.165) is 19.5 Å². The zero-order chi connectivity index (χ0) is 16.2. The Bertz CT molecular complexity index is 428. The molecule has 0 spiro atoms. The molecule has 0 aromatic carbocycles. The summed E-state index contributed by atoms with van der Waals surface area (Å²) < 4.78 is 0. The van der Waals surface area contributed by atoms with Crippen molar-refractivity contribution in [2.24, 2.45) is 17.8 Å². The maximum absolute atomic E-state index is 12.5. The van der Waals surface area contributed by atoms with Gasteiger partial charge < -0.3 is 15.1 Å². The highest BCUT2D eigenvalue weighted by Gasteiger charge is 2.33. The molecule has 2 aliphatic heterocycles. The molecule has 0 bridgehead atoms. The minimum Gasteiger partial charge on any atom is -0.339 e. The van der Waals surface area contributed by atoms with E-state index in [9.17, 15) is 9.59 Å². The first-order valence-corrected chi connectivity index (χ1v) is 9.42. The van der Waals surface area contributed by atoms with E-state index in [0.29, 0.717) is 43.9 Å². The van der Waals surface area contributed by atoms with Gasteiger partial charge in [-0.3, -0.25) is 9.59 Å². The molecule has 0 aromatic heterocycles. The van der Waals surface area contributed by atoms with Gasteiger partial charge in [-0.05, 0) is 37.8 Å². The number of nitrogens with zero attached hydrogens (tertiary/aromatic N) is 2. The highest BCUT2D eigenvalue weighted by molar-refractivity contribution is 5.85. The van der Waals surface area contributed by atoms with Crippen LogP contribution in [0.4, 0.5) is 0 Å². The van der Waals surface area contributed by atoms with Crippen LogP contribution in [0.15, 0.2) is 0 Å². The second-order valence-electron chi connectivity index (χ2n) is 7.62. The third-order valence-electron chi connectivity index (χ3n) is 6.04. The summed E-state index contributed by atoms with van der Waals surface area (Å²) in [4.78, 5) is 28.9. The molecule has 3 fully saturated rings. The summed E-state index contributed by atoms with van der Waals surface area (Å²) in [6.45, 7) is 6.83. The first-order valence-electron chi connectivity index (χ1n) is 9.42. The average Bonchev–Trinajstić information content (AvgIpc) is 2.53. The van der Waals surface area contributed by atoms with Crippen LogP contribution < -0.4 is 5.32 Å². The lowest BCUT2D eigenvalue weighted by atomic mass is 9.86. The van der Waals surface area contributed by atoms with Gasteiger partial charge in [-0.25, -0.2) is 0 Å². The largest absolute Gasteiger partial charge is 0.339 e. The van der Waals surface area contributed by atoms with Crippen molar-refractivity contribution < 1.29 is 9.59 Å². The molecule has 1 N–H and O–H groups in total. The molecule has 0 radical (unpaired) electrons. The van der Waals surface area contributed by atoms with Crippen LogP contribution in [0.3, 0.4) is 0 Å². The van der Waals surface area contributed by atoms with Crippen molar-refractivity contribution in [3.63, 3.8) is 0 Å². The molecular weight excluding hydrogens is 326 g/mol. The van der Waals surface area contributed by atoms with E-state index in [4.69, 9.17) is 0 Å². The minimum absolute atomic E-state index is 0. The van der Waals surface area contributed by atoms with E-state index in [2.05, 4.69) is 12.2 Å². The Labute approximate surface area is 151 Å². The van der Waals surface area contributed by atoms with Gasteiger partial charge in [0.25, 0.3) is 0 Å². The van der Waals surface area contributed by atoms with Crippen molar-refractivity contribution in [2.45, 2.75) is 45.4 Å². The number of halogens is 1. The van der Waals surface area contributed by atoms with Crippen molar-refractivity contribution in [3.8, 4) is 0 Å². The maximum atomic E-state index is 12.5. The molecule has 6 heteroatoms. The Kier molecular flexibility index (Phi) is 7.35. The Balaban J connectivity index is 0.00000208. The summed E-state index contributed by atoms with van der Waals surface area (Å²) in [5, 5.41) is 3.24. The van der Waals surface area contributed by atoms with Crippen LogP contribution in [-0.4, -0.2) is 60.9 Å². The second-order valence-corrected chi connectivity index (χ2v) is 7.62. The summed E-state index contributed by atoms with van der Waals surface area (Å²) in [5.74, 6) is 1.78. The van der Waals surface area contributed by atoms with Crippen LogP contribution >= 0.6 is 12.4 Å². The van der Waals surface area contributed by atoms with Gasteiger partial charge in [-0.2, -0.15) is 0 Å². The lowest BCUT2D eigenvalue weighted by molar-refractivity contribution is -0.143. The Morgan fingerprint density at radius 3 is 2.12 bits per heavy atom. The van der Waals surface area contributed by atoms with Crippen molar-refractivity contribution in [1.29, 1.82) is 0 Å². The average molecular weight is 358 g/mol. The highest BCUT2D eigenvalue weighted by atomic mass is 35.5. The van der Waals surface area contributed by atoms with Crippen LogP contribution in [0.2, 0.25) is 0 Å².